The van der Waals surface area contributed by atoms with Crippen LogP contribution < -0.4 is 0 Å². The number of carbonyl (C=O) groups is 2. The first-order valence-corrected chi connectivity index (χ1v) is 10.2. The van der Waals surface area contributed by atoms with Crippen LogP contribution in [0, 0.1) is 11.6 Å². The van der Waals surface area contributed by atoms with E-state index < -0.39 is 17.6 Å². The zero-order valence-electron chi connectivity index (χ0n) is 17.0. The van der Waals surface area contributed by atoms with Crippen LogP contribution in [0.2, 0.25) is 0 Å². The number of nitrogens with zero attached hydrogens (tertiary/aromatic N) is 1. The minimum atomic E-state index is -0.674. The summed E-state index contributed by atoms with van der Waals surface area (Å²) in [6.45, 7) is 0. The van der Waals surface area contributed by atoms with Gasteiger partial charge in [0.1, 0.15) is 11.6 Å². The number of hydrogen-bond acceptors (Lipinski definition) is 4. The molecule has 0 bridgehead atoms. The van der Waals surface area contributed by atoms with Crippen molar-refractivity contribution >= 4 is 12.3 Å². The number of esters is 1. The monoisotopic (exact) mass is 421 g/mol. The Labute approximate surface area is 178 Å². The van der Waals surface area contributed by atoms with E-state index in [2.05, 4.69) is 0 Å². The zero-order valence-corrected chi connectivity index (χ0v) is 17.0. The Hall–Kier alpha value is -3.41. The third kappa shape index (κ3) is 3.98. The Morgan fingerprint density at radius 1 is 0.968 bits per heavy atom. The number of aldehydes is 1. The van der Waals surface area contributed by atoms with Crippen molar-refractivity contribution in [1.29, 1.82) is 0 Å². The fourth-order valence-electron chi connectivity index (χ4n) is 4.28. The van der Waals surface area contributed by atoms with E-state index in [-0.39, 0.29) is 11.5 Å². The molecule has 4 rings (SSSR count). The minimum Gasteiger partial charge on any atom is -0.465 e. The third-order valence-corrected chi connectivity index (χ3v) is 5.76. The highest BCUT2D eigenvalue weighted by Gasteiger charge is 2.30. The van der Waals surface area contributed by atoms with Crippen LogP contribution in [0.5, 0.6) is 0 Å². The van der Waals surface area contributed by atoms with Crippen molar-refractivity contribution in [2.45, 2.75) is 31.6 Å². The van der Waals surface area contributed by atoms with Crippen LogP contribution in [0.1, 0.15) is 58.0 Å². The molecule has 0 radical (unpaired) electrons. The van der Waals surface area contributed by atoms with Crippen molar-refractivity contribution in [3.63, 3.8) is 0 Å². The third-order valence-electron chi connectivity index (χ3n) is 5.76. The lowest BCUT2D eigenvalue weighted by molar-refractivity contribution is 0.0602. The fourth-order valence-corrected chi connectivity index (χ4v) is 4.28. The maximum Gasteiger partial charge on any atom is 0.340 e. The van der Waals surface area contributed by atoms with Crippen molar-refractivity contribution < 1.29 is 23.1 Å². The minimum absolute atomic E-state index is 0.0743. The summed E-state index contributed by atoms with van der Waals surface area (Å²) in [5, 5.41) is 0. The molecule has 31 heavy (non-hydrogen) atoms. The van der Waals surface area contributed by atoms with Gasteiger partial charge in [-0.05, 0) is 54.8 Å². The van der Waals surface area contributed by atoms with Crippen LogP contribution in [0.4, 0.5) is 8.78 Å². The first-order valence-electron chi connectivity index (χ1n) is 10.2. The lowest BCUT2D eigenvalue weighted by Crippen LogP contribution is -2.14. The molecule has 0 N–H and O–H groups in total. The molecule has 4 nitrogen and oxygen atoms in total. The molecule has 0 amide bonds. The fraction of sp³-hybridized carbons (Fsp3) is 0.240. The molecular formula is C25H21F2NO3. The number of ether oxygens (including phenoxy) is 1. The second-order valence-corrected chi connectivity index (χ2v) is 7.61. The molecule has 0 aliphatic heterocycles. The van der Waals surface area contributed by atoms with Gasteiger partial charge < -0.3 is 4.74 Å². The van der Waals surface area contributed by atoms with Gasteiger partial charge in [0.05, 0.1) is 24.1 Å². The van der Waals surface area contributed by atoms with Gasteiger partial charge in [0, 0.05) is 22.6 Å². The number of pyridine rings is 1. The van der Waals surface area contributed by atoms with E-state index in [0.717, 1.165) is 25.7 Å². The summed E-state index contributed by atoms with van der Waals surface area (Å²) in [5.41, 5.74) is 2.74. The molecule has 1 aromatic heterocycles. The van der Waals surface area contributed by atoms with E-state index in [1.807, 2.05) is 0 Å². The van der Waals surface area contributed by atoms with Crippen LogP contribution in [-0.2, 0) is 4.74 Å². The summed E-state index contributed by atoms with van der Waals surface area (Å²) in [6, 6.07) is 11.3. The van der Waals surface area contributed by atoms with Crippen molar-refractivity contribution in [2.75, 3.05) is 7.11 Å². The normalized spacial score (nSPS) is 13.9. The summed E-state index contributed by atoms with van der Waals surface area (Å²) >= 11 is 0. The van der Waals surface area contributed by atoms with Crippen molar-refractivity contribution in [2.24, 2.45) is 0 Å². The Kier molecular flexibility index (Phi) is 5.89. The molecule has 6 heteroatoms. The molecule has 1 fully saturated rings. The quantitative estimate of drug-likeness (QED) is 0.377. The Morgan fingerprint density at radius 2 is 1.52 bits per heavy atom. The second kappa shape index (κ2) is 8.76. The van der Waals surface area contributed by atoms with Crippen molar-refractivity contribution in [3.8, 4) is 22.4 Å². The first-order chi connectivity index (χ1) is 15.0. The van der Waals surface area contributed by atoms with E-state index >= 15 is 0 Å². The largest absolute Gasteiger partial charge is 0.465 e. The topological polar surface area (TPSA) is 56.3 Å². The average Bonchev–Trinajstić information content (AvgIpc) is 3.33. The van der Waals surface area contributed by atoms with E-state index in [4.69, 9.17) is 9.72 Å². The van der Waals surface area contributed by atoms with Crippen LogP contribution in [0.3, 0.4) is 0 Å². The zero-order chi connectivity index (χ0) is 22.0. The molecule has 0 saturated heterocycles. The number of carbonyl (C=O) groups excluding carboxylic acids is 2. The summed E-state index contributed by atoms with van der Waals surface area (Å²) in [6.07, 6.45) is 4.54. The van der Waals surface area contributed by atoms with E-state index in [1.165, 1.54) is 55.6 Å². The van der Waals surface area contributed by atoms with Gasteiger partial charge in [-0.1, -0.05) is 25.0 Å². The summed E-state index contributed by atoms with van der Waals surface area (Å²) in [4.78, 5) is 30.0. The van der Waals surface area contributed by atoms with Gasteiger partial charge in [-0.2, -0.15) is 0 Å². The van der Waals surface area contributed by atoms with Crippen LogP contribution in [0.25, 0.3) is 22.4 Å². The molecule has 1 saturated carbocycles. The molecule has 2 aromatic carbocycles. The standard InChI is InChI=1S/C25H21F2NO3/c1-31-25(30)22-21(15-6-10-18(26)11-7-15)20(14-29)23(16-4-2-3-5-16)28-24(22)17-8-12-19(27)13-9-17/h6-14,16H,2-5H2,1H3. The van der Waals surface area contributed by atoms with E-state index in [1.54, 1.807) is 0 Å². The second-order valence-electron chi connectivity index (χ2n) is 7.61. The van der Waals surface area contributed by atoms with Gasteiger partial charge in [0.15, 0.2) is 6.29 Å². The number of hydrogen-bond donors (Lipinski definition) is 0. The number of aromatic nitrogens is 1. The maximum atomic E-state index is 13.6. The van der Waals surface area contributed by atoms with Crippen LogP contribution in [0.15, 0.2) is 48.5 Å². The highest BCUT2D eigenvalue weighted by atomic mass is 19.1. The van der Waals surface area contributed by atoms with E-state index in [0.29, 0.717) is 39.9 Å². The molecule has 1 heterocycles. The molecule has 1 aliphatic rings. The molecule has 1 aliphatic carbocycles. The highest BCUT2D eigenvalue weighted by Crippen LogP contribution is 2.41. The summed E-state index contributed by atoms with van der Waals surface area (Å²) in [5.74, 6) is -1.44. The Balaban J connectivity index is 2.10. The predicted octanol–water partition coefficient (Wildman–Crippen LogP) is 5.95. The van der Waals surface area contributed by atoms with Crippen LogP contribution in [-0.4, -0.2) is 24.3 Å². The van der Waals surface area contributed by atoms with Gasteiger partial charge in [-0.15, -0.1) is 0 Å². The molecule has 0 spiro atoms. The smallest absolute Gasteiger partial charge is 0.340 e. The summed E-state index contributed by atoms with van der Waals surface area (Å²) in [7, 11) is 1.25. The van der Waals surface area contributed by atoms with Gasteiger partial charge in [0.25, 0.3) is 0 Å². The Bertz CT molecular complexity index is 1120. The number of methoxy groups -OCH3 is 1. The van der Waals surface area contributed by atoms with Gasteiger partial charge in [-0.25, -0.2) is 13.6 Å². The first kappa shape index (κ1) is 20.8. The molecule has 158 valence electrons. The van der Waals surface area contributed by atoms with Crippen molar-refractivity contribution in [3.05, 3.63) is 77.0 Å². The number of benzene rings is 2. The van der Waals surface area contributed by atoms with Crippen molar-refractivity contribution in [1.82, 2.24) is 4.98 Å². The summed E-state index contributed by atoms with van der Waals surface area (Å²) < 4.78 is 32.2. The lowest BCUT2D eigenvalue weighted by Gasteiger charge is -2.21. The Morgan fingerprint density at radius 3 is 2.03 bits per heavy atom. The number of rotatable bonds is 5. The molecule has 0 atom stereocenters. The molecule has 3 aromatic rings. The predicted molar refractivity (Wildman–Crippen MR) is 113 cm³/mol. The average molecular weight is 421 g/mol. The SMILES string of the molecule is COC(=O)c1c(-c2ccc(F)cc2)nc(C2CCCC2)c(C=O)c1-c1ccc(F)cc1. The maximum absolute atomic E-state index is 13.6. The van der Waals surface area contributed by atoms with Gasteiger partial charge >= 0.3 is 5.97 Å². The number of halogens is 2. The van der Waals surface area contributed by atoms with E-state index in [9.17, 15) is 18.4 Å². The van der Waals surface area contributed by atoms with Gasteiger partial charge in [0.2, 0.25) is 0 Å². The molecular weight excluding hydrogens is 400 g/mol. The lowest BCUT2D eigenvalue weighted by atomic mass is 9.87. The molecule has 0 unspecified atom stereocenters. The highest BCUT2D eigenvalue weighted by molar-refractivity contribution is 6.07. The van der Waals surface area contributed by atoms with Crippen LogP contribution >= 0.6 is 0 Å². The van der Waals surface area contributed by atoms with Gasteiger partial charge in [-0.3, -0.25) is 9.78 Å².